The minimum Gasteiger partial charge on any atom is -0.458 e. The summed E-state index contributed by atoms with van der Waals surface area (Å²) in [6.45, 7) is 0.110. The standard InChI is InChI=1S/C36H33N3O3/c37-32(21-23-35(41)42-26-27-24-28-12-10-11-19-33(28)38-25-27)20-22-34(40)39-36(29-13-4-1-5-14-29,30-15-6-2-7-16-30)31-17-8-3-9-18-31/h1-19,21,23-25,32H,20,22,26,37H2,(H,39,40)/b23-21+/t32-/m0/s1. The maximum absolute atomic E-state index is 13.5. The lowest BCUT2D eigenvalue weighted by Gasteiger charge is -2.37. The Balaban J connectivity index is 1.23. The first kappa shape index (κ1) is 28.5. The molecule has 4 aromatic carbocycles. The van der Waals surface area contributed by atoms with Crippen molar-refractivity contribution in [1.82, 2.24) is 10.3 Å². The van der Waals surface area contributed by atoms with E-state index in [0.29, 0.717) is 6.42 Å². The van der Waals surface area contributed by atoms with Crippen molar-refractivity contribution >= 4 is 22.8 Å². The largest absolute Gasteiger partial charge is 0.458 e. The van der Waals surface area contributed by atoms with E-state index in [2.05, 4.69) is 10.3 Å². The number of hydrogen-bond donors (Lipinski definition) is 2. The molecule has 1 aromatic heterocycles. The molecule has 6 heteroatoms. The van der Waals surface area contributed by atoms with Crippen molar-refractivity contribution in [2.24, 2.45) is 5.73 Å². The van der Waals surface area contributed by atoms with E-state index in [-0.39, 0.29) is 18.9 Å². The van der Waals surface area contributed by atoms with Crippen molar-refractivity contribution in [2.75, 3.05) is 0 Å². The molecule has 5 aromatic rings. The molecule has 5 rings (SSSR count). The van der Waals surface area contributed by atoms with Crippen LogP contribution < -0.4 is 11.1 Å². The van der Waals surface area contributed by atoms with E-state index in [1.165, 1.54) is 6.08 Å². The van der Waals surface area contributed by atoms with Gasteiger partial charge in [0, 0.05) is 35.7 Å². The highest BCUT2D eigenvalue weighted by Crippen LogP contribution is 2.36. The number of carbonyl (C=O) groups is 2. The maximum atomic E-state index is 13.5. The number of esters is 1. The minimum atomic E-state index is -0.887. The van der Waals surface area contributed by atoms with E-state index in [0.717, 1.165) is 33.2 Å². The molecule has 0 aliphatic heterocycles. The molecule has 6 nitrogen and oxygen atoms in total. The van der Waals surface area contributed by atoms with Gasteiger partial charge in [0.15, 0.2) is 0 Å². The molecule has 210 valence electrons. The highest BCUT2D eigenvalue weighted by Gasteiger charge is 2.37. The lowest BCUT2D eigenvalue weighted by Crippen LogP contribution is -2.48. The van der Waals surface area contributed by atoms with Crippen LogP contribution in [0.3, 0.4) is 0 Å². The minimum absolute atomic E-state index is 0.110. The number of ether oxygens (including phenoxy) is 1. The summed E-state index contributed by atoms with van der Waals surface area (Å²) in [5.74, 6) is -0.652. The number of benzene rings is 4. The molecule has 0 aliphatic carbocycles. The number of amides is 1. The summed E-state index contributed by atoms with van der Waals surface area (Å²) in [6.07, 6.45) is 5.13. The SMILES string of the molecule is N[C@H](/C=C/C(=O)OCc1cnc2ccccc2c1)CCC(=O)NC(c1ccccc1)(c1ccccc1)c1ccccc1. The van der Waals surface area contributed by atoms with Crippen LogP contribution in [0, 0.1) is 0 Å². The Morgan fingerprint density at radius 2 is 1.36 bits per heavy atom. The average Bonchev–Trinajstić information content (AvgIpc) is 3.05. The summed E-state index contributed by atoms with van der Waals surface area (Å²) in [7, 11) is 0. The first-order valence-electron chi connectivity index (χ1n) is 14.0. The fourth-order valence-electron chi connectivity index (χ4n) is 5.05. The van der Waals surface area contributed by atoms with Crippen LogP contribution in [0.2, 0.25) is 0 Å². The number of para-hydroxylation sites is 1. The summed E-state index contributed by atoms with van der Waals surface area (Å²) in [5, 5.41) is 4.32. The Bertz CT molecular complexity index is 1560. The van der Waals surface area contributed by atoms with Crippen LogP contribution in [-0.4, -0.2) is 22.9 Å². The van der Waals surface area contributed by atoms with Gasteiger partial charge in [-0.3, -0.25) is 9.78 Å². The Hall–Kier alpha value is -5.07. The van der Waals surface area contributed by atoms with E-state index in [4.69, 9.17) is 10.5 Å². The Morgan fingerprint density at radius 1 is 0.810 bits per heavy atom. The van der Waals surface area contributed by atoms with Crippen LogP contribution in [0.25, 0.3) is 10.9 Å². The van der Waals surface area contributed by atoms with Crippen molar-refractivity contribution < 1.29 is 14.3 Å². The van der Waals surface area contributed by atoms with Gasteiger partial charge in [-0.15, -0.1) is 0 Å². The molecule has 0 saturated heterocycles. The fourth-order valence-corrected chi connectivity index (χ4v) is 5.05. The van der Waals surface area contributed by atoms with Crippen LogP contribution in [0.5, 0.6) is 0 Å². The lowest BCUT2D eigenvalue weighted by molar-refractivity contribution is -0.139. The van der Waals surface area contributed by atoms with Crippen LogP contribution in [0.1, 0.15) is 35.1 Å². The molecule has 3 N–H and O–H groups in total. The number of aromatic nitrogens is 1. The van der Waals surface area contributed by atoms with Gasteiger partial charge in [0.05, 0.1) is 5.52 Å². The first-order chi connectivity index (χ1) is 20.5. The predicted octanol–water partition coefficient (Wildman–Crippen LogP) is 6.05. The van der Waals surface area contributed by atoms with Gasteiger partial charge >= 0.3 is 5.97 Å². The number of carbonyl (C=O) groups excluding carboxylic acids is 2. The summed E-state index contributed by atoms with van der Waals surface area (Å²) < 4.78 is 5.37. The molecule has 0 radical (unpaired) electrons. The van der Waals surface area contributed by atoms with Gasteiger partial charge in [-0.2, -0.15) is 0 Å². The van der Waals surface area contributed by atoms with Crippen LogP contribution in [-0.2, 0) is 26.5 Å². The van der Waals surface area contributed by atoms with Crippen molar-refractivity contribution in [3.8, 4) is 0 Å². The molecular formula is C36H33N3O3. The Labute approximate surface area is 245 Å². The molecule has 0 unspecified atom stereocenters. The zero-order valence-electron chi connectivity index (χ0n) is 23.2. The maximum Gasteiger partial charge on any atom is 0.330 e. The molecule has 0 saturated carbocycles. The van der Waals surface area contributed by atoms with Crippen LogP contribution in [0.4, 0.5) is 0 Å². The number of nitrogens with zero attached hydrogens (tertiary/aromatic N) is 1. The highest BCUT2D eigenvalue weighted by molar-refractivity contribution is 5.82. The van der Waals surface area contributed by atoms with Crippen molar-refractivity contribution in [3.63, 3.8) is 0 Å². The monoisotopic (exact) mass is 555 g/mol. The zero-order valence-corrected chi connectivity index (χ0v) is 23.2. The van der Waals surface area contributed by atoms with Gasteiger partial charge in [-0.05, 0) is 35.2 Å². The van der Waals surface area contributed by atoms with E-state index in [1.54, 1.807) is 12.3 Å². The number of nitrogens with two attached hydrogens (primary N) is 1. The average molecular weight is 556 g/mol. The predicted molar refractivity (Wildman–Crippen MR) is 165 cm³/mol. The second-order valence-electron chi connectivity index (χ2n) is 10.1. The van der Waals surface area contributed by atoms with Gasteiger partial charge in [0.1, 0.15) is 12.1 Å². The molecular weight excluding hydrogens is 522 g/mol. The van der Waals surface area contributed by atoms with E-state index in [1.807, 2.05) is 121 Å². The van der Waals surface area contributed by atoms with Gasteiger partial charge in [-0.1, -0.05) is 115 Å². The van der Waals surface area contributed by atoms with Crippen molar-refractivity contribution in [3.05, 3.63) is 162 Å². The Kier molecular flexibility index (Phi) is 9.17. The number of nitrogens with one attached hydrogen (secondary N) is 1. The first-order valence-corrected chi connectivity index (χ1v) is 14.0. The molecule has 0 aliphatic rings. The third-order valence-corrected chi connectivity index (χ3v) is 7.16. The van der Waals surface area contributed by atoms with E-state index >= 15 is 0 Å². The molecule has 0 bridgehead atoms. The number of pyridine rings is 1. The fraction of sp³-hybridized carbons (Fsp3) is 0.139. The van der Waals surface area contributed by atoms with Crippen LogP contribution in [0.15, 0.2) is 140 Å². The third kappa shape index (κ3) is 6.79. The van der Waals surface area contributed by atoms with Crippen LogP contribution >= 0.6 is 0 Å². The summed E-state index contributed by atoms with van der Waals surface area (Å²) in [4.78, 5) is 30.2. The molecule has 0 spiro atoms. The second kappa shape index (κ2) is 13.5. The van der Waals surface area contributed by atoms with E-state index in [9.17, 15) is 9.59 Å². The summed E-state index contributed by atoms with van der Waals surface area (Å²) in [6, 6.07) is 39.1. The lowest BCUT2D eigenvalue weighted by atomic mass is 9.77. The molecule has 0 fully saturated rings. The zero-order chi connectivity index (χ0) is 29.2. The third-order valence-electron chi connectivity index (χ3n) is 7.16. The second-order valence-corrected chi connectivity index (χ2v) is 10.1. The Morgan fingerprint density at radius 3 is 1.95 bits per heavy atom. The van der Waals surface area contributed by atoms with Gasteiger partial charge < -0.3 is 15.8 Å². The summed E-state index contributed by atoms with van der Waals surface area (Å²) in [5.41, 5.74) is 9.90. The summed E-state index contributed by atoms with van der Waals surface area (Å²) >= 11 is 0. The van der Waals surface area contributed by atoms with Gasteiger partial charge in [-0.25, -0.2) is 4.79 Å². The number of fused-ring (bicyclic) bond motifs is 1. The quantitative estimate of drug-likeness (QED) is 0.118. The van der Waals surface area contributed by atoms with Crippen molar-refractivity contribution in [2.45, 2.75) is 31.0 Å². The van der Waals surface area contributed by atoms with Gasteiger partial charge in [0.25, 0.3) is 0 Å². The number of hydrogen-bond acceptors (Lipinski definition) is 5. The number of rotatable bonds is 11. The topological polar surface area (TPSA) is 94.3 Å². The molecule has 1 atom stereocenters. The normalized spacial score (nSPS) is 12.2. The van der Waals surface area contributed by atoms with Crippen molar-refractivity contribution in [1.29, 1.82) is 0 Å². The van der Waals surface area contributed by atoms with Gasteiger partial charge in [0.2, 0.25) is 5.91 Å². The molecule has 1 heterocycles. The molecule has 1 amide bonds. The van der Waals surface area contributed by atoms with E-state index < -0.39 is 17.6 Å². The molecule has 42 heavy (non-hydrogen) atoms. The smallest absolute Gasteiger partial charge is 0.330 e. The highest BCUT2D eigenvalue weighted by atomic mass is 16.5.